The van der Waals surface area contributed by atoms with Gasteiger partial charge in [-0.05, 0) is 31.7 Å². The maximum absolute atomic E-state index is 11.1. The summed E-state index contributed by atoms with van der Waals surface area (Å²) in [6.45, 7) is 2.89. The van der Waals surface area contributed by atoms with Gasteiger partial charge in [-0.2, -0.15) is 0 Å². The van der Waals surface area contributed by atoms with Crippen LogP contribution < -0.4 is 10.2 Å². The topological polar surface area (TPSA) is 71.3 Å². The zero-order valence-corrected chi connectivity index (χ0v) is 11.4. The van der Waals surface area contributed by atoms with Gasteiger partial charge in [0.25, 0.3) is 0 Å². The standard InChI is InChI=1S/C13H20N4O2/c1-3-9-14-12-8-7-11(17(18)19)13(15-12)16(2)10-5-4-6-10/h7-8,10H,3-6,9H2,1-2H3,(H,14,15). The van der Waals surface area contributed by atoms with Gasteiger partial charge in [0.15, 0.2) is 0 Å². The van der Waals surface area contributed by atoms with Crippen LogP contribution in [0.5, 0.6) is 0 Å². The fourth-order valence-electron chi connectivity index (χ4n) is 2.14. The van der Waals surface area contributed by atoms with Gasteiger partial charge < -0.3 is 10.2 Å². The summed E-state index contributed by atoms with van der Waals surface area (Å²) in [7, 11) is 1.89. The Bertz CT molecular complexity index is 460. The number of hydrogen-bond acceptors (Lipinski definition) is 5. The van der Waals surface area contributed by atoms with E-state index in [1.165, 1.54) is 12.5 Å². The van der Waals surface area contributed by atoms with Crippen molar-refractivity contribution >= 4 is 17.3 Å². The highest BCUT2D eigenvalue weighted by atomic mass is 16.6. The fourth-order valence-corrected chi connectivity index (χ4v) is 2.14. The van der Waals surface area contributed by atoms with Crippen LogP contribution in [0.15, 0.2) is 12.1 Å². The number of nitrogens with zero attached hydrogens (tertiary/aromatic N) is 3. The Hall–Kier alpha value is -1.85. The predicted octanol–water partition coefficient (Wildman–Crippen LogP) is 2.80. The number of nitrogens with one attached hydrogen (secondary N) is 1. The van der Waals surface area contributed by atoms with E-state index in [4.69, 9.17) is 0 Å². The van der Waals surface area contributed by atoms with Crippen molar-refractivity contribution in [1.82, 2.24) is 4.98 Å². The second-order valence-electron chi connectivity index (χ2n) is 4.92. The zero-order chi connectivity index (χ0) is 13.8. The summed E-state index contributed by atoms with van der Waals surface area (Å²) in [5, 5.41) is 14.3. The first-order valence-electron chi connectivity index (χ1n) is 6.75. The monoisotopic (exact) mass is 264 g/mol. The average Bonchev–Trinajstić information content (AvgIpc) is 2.33. The largest absolute Gasteiger partial charge is 0.370 e. The van der Waals surface area contributed by atoms with E-state index >= 15 is 0 Å². The van der Waals surface area contributed by atoms with Gasteiger partial charge >= 0.3 is 5.69 Å². The van der Waals surface area contributed by atoms with Crippen LogP contribution in [-0.4, -0.2) is 29.5 Å². The van der Waals surface area contributed by atoms with Crippen molar-refractivity contribution in [3.63, 3.8) is 0 Å². The molecule has 6 nitrogen and oxygen atoms in total. The van der Waals surface area contributed by atoms with E-state index in [9.17, 15) is 10.1 Å². The van der Waals surface area contributed by atoms with Crippen molar-refractivity contribution in [2.24, 2.45) is 0 Å². The Morgan fingerprint density at radius 2 is 2.26 bits per heavy atom. The molecule has 0 amide bonds. The fraction of sp³-hybridized carbons (Fsp3) is 0.615. The Morgan fingerprint density at radius 3 is 2.79 bits per heavy atom. The molecular weight excluding hydrogens is 244 g/mol. The lowest BCUT2D eigenvalue weighted by Crippen LogP contribution is -2.38. The van der Waals surface area contributed by atoms with Gasteiger partial charge in [0, 0.05) is 25.7 Å². The van der Waals surface area contributed by atoms with Gasteiger partial charge in [-0.1, -0.05) is 6.92 Å². The van der Waals surface area contributed by atoms with Gasteiger partial charge in [-0.3, -0.25) is 10.1 Å². The third-order valence-electron chi connectivity index (χ3n) is 3.56. The van der Waals surface area contributed by atoms with E-state index in [1.807, 2.05) is 11.9 Å². The van der Waals surface area contributed by atoms with Gasteiger partial charge in [-0.15, -0.1) is 0 Å². The second kappa shape index (κ2) is 5.86. The van der Waals surface area contributed by atoms with Crippen LogP contribution >= 0.6 is 0 Å². The molecule has 1 aromatic heterocycles. The molecule has 0 aliphatic heterocycles. The number of anilines is 2. The summed E-state index contributed by atoms with van der Waals surface area (Å²) < 4.78 is 0. The van der Waals surface area contributed by atoms with Gasteiger partial charge in [0.1, 0.15) is 5.82 Å². The molecule has 2 rings (SSSR count). The first kappa shape index (κ1) is 13.6. The number of nitro groups is 1. The summed E-state index contributed by atoms with van der Waals surface area (Å²) in [5.74, 6) is 1.17. The van der Waals surface area contributed by atoms with Crippen LogP contribution in [0.25, 0.3) is 0 Å². The minimum Gasteiger partial charge on any atom is -0.370 e. The highest BCUT2D eigenvalue weighted by molar-refractivity contribution is 5.62. The van der Waals surface area contributed by atoms with Crippen molar-refractivity contribution in [3.8, 4) is 0 Å². The van der Waals surface area contributed by atoms with E-state index < -0.39 is 0 Å². The Morgan fingerprint density at radius 1 is 1.53 bits per heavy atom. The minimum absolute atomic E-state index is 0.0800. The molecule has 1 N–H and O–H groups in total. The Kier molecular flexibility index (Phi) is 4.19. The molecule has 0 bridgehead atoms. The summed E-state index contributed by atoms with van der Waals surface area (Å²) in [5.41, 5.74) is 0.0800. The first-order valence-corrected chi connectivity index (χ1v) is 6.75. The lowest BCUT2D eigenvalue weighted by atomic mass is 9.92. The molecule has 0 aromatic carbocycles. The van der Waals surface area contributed by atoms with Crippen LogP contribution in [0.3, 0.4) is 0 Å². The molecular formula is C13H20N4O2. The molecule has 1 aliphatic carbocycles. The van der Waals surface area contributed by atoms with Gasteiger partial charge in [-0.25, -0.2) is 4.98 Å². The minimum atomic E-state index is -0.360. The summed E-state index contributed by atoms with van der Waals surface area (Å²) in [6, 6.07) is 3.59. The zero-order valence-electron chi connectivity index (χ0n) is 11.4. The average molecular weight is 264 g/mol. The van der Waals surface area contributed by atoms with E-state index in [1.54, 1.807) is 6.07 Å². The normalized spacial score (nSPS) is 14.8. The van der Waals surface area contributed by atoms with Crippen LogP contribution in [0, 0.1) is 10.1 Å². The maximum atomic E-state index is 11.1. The third-order valence-corrected chi connectivity index (χ3v) is 3.56. The number of aromatic nitrogens is 1. The highest BCUT2D eigenvalue weighted by Crippen LogP contribution is 2.33. The summed E-state index contributed by atoms with van der Waals surface area (Å²) in [4.78, 5) is 17.1. The van der Waals surface area contributed by atoms with Gasteiger partial charge in [0.2, 0.25) is 5.82 Å². The number of rotatable bonds is 6. The van der Waals surface area contributed by atoms with Crippen molar-refractivity contribution < 1.29 is 4.92 Å². The summed E-state index contributed by atoms with van der Waals surface area (Å²) >= 11 is 0. The highest BCUT2D eigenvalue weighted by Gasteiger charge is 2.28. The number of pyridine rings is 1. The molecule has 1 aromatic rings. The molecule has 6 heteroatoms. The number of hydrogen-bond donors (Lipinski definition) is 1. The molecule has 0 unspecified atom stereocenters. The van der Waals surface area contributed by atoms with Crippen LogP contribution in [0.1, 0.15) is 32.6 Å². The summed E-state index contributed by atoms with van der Waals surface area (Å²) in [6.07, 6.45) is 4.35. The van der Waals surface area contributed by atoms with E-state index in [-0.39, 0.29) is 10.6 Å². The van der Waals surface area contributed by atoms with Crippen molar-refractivity contribution in [2.45, 2.75) is 38.6 Å². The van der Waals surface area contributed by atoms with Gasteiger partial charge in [0.05, 0.1) is 4.92 Å². The maximum Gasteiger partial charge on any atom is 0.311 e. The second-order valence-corrected chi connectivity index (χ2v) is 4.92. The van der Waals surface area contributed by atoms with Crippen molar-refractivity contribution in [2.75, 3.05) is 23.8 Å². The molecule has 1 saturated carbocycles. The molecule has 19 heavy (non-hydrogen) atoms. The quantitative estimate of drug-likeness (QED) is 0.632. The lowest BCUT2D eigenvalue weighted by Gasteiger charge is -2.35. The SMILES string of the molecule is CCCNc1ccc([N+](=O)[O-])c(N(C)C2CCC2)n1. The Balaban J connectivity index is 2.26. The van der Waals surface area contributed by atoms with Crippen LogP contribution in [-0.2, 0) is 0 Å². The van der Waals surface area contributed by atoms with E-state index in [0.717, 1.165) is 25.8 Å². The molecule has 104 valence electrons. The molecule has 1 heterocycles. The third kappa shape index (κ3) is 2.94. The lowest BCUT2D eigenvalue weighted by molar-refractivity contribution is -0.384. The molecule has 0 spiro atoms. The van der Waals surface area contributed by atoms with Crippen molar-refractivity contribution in [3.05, 3.63) is 22.2 Å². The van der Waals surface area contributed by atoms with Crippen LogP contribution in [0.4, 0.5) is 17.3 Å². The van der Waals surface area contributed by atoms with E-state index in [2.05, 4.69) is 17.2 Å². The smallest absolute Gasteiger partial charge is 0.311 e. The molecule has 0 radical (unpaired) electrons. The Labute approximate surface area is 113 Å². The van der Waals surface area contributed by atoms with Crippen LogP contribution in [0.2, 0.25) is 0 Å². The molecule has 1 fully saturated rings. The molecule has 0 atom stereocenters. The molecule has 0 saturated heterocycles. The first-order chi connectivity index (χ1) is 9.13. The predicted molar refractivity (Wildman–Crippen MR) is 75.7 cm³/mol. The van der Waals surface area contributed by atoms with Crippen molar-refractivity contribution in [1.29, 1.82) is 0 Å². The molecule has 1 aliphatic rings. The van der Waals surface area contributed by atoms with E-state index in [0.29, 0.717) is 17.7 Å².